The SMILES string of the molecule is FC(F)(F)CN(c1cc(CNC2CC2)c(Cl)cn1)C1CC1. The van der Waals surface area contributed by atoms with E-state index >= 15 is 0 Å². The highest BCUT2D eigenvalue weighted by Gasteiger charge is 2.38. The normalized spacial score (nSPS) is 18.9. The van der Waals surface area contributed by atoms with Crippen LogP contribution in [0.15, 0.2) is 12.3 Å². The van der Waals surface area contributed by atoms with Gasteiger partial charge < -0.3 is 10.2 Å². The summed E-state index contributed by atoms with van der Waals surface area (Å²) in [5.74, 6) is 0.367. The zero-order valence-corrected chi connectivity index (χ0v) is 12.2. The fourth-order valence-corrected chi connectivity index (χ4v) is 2.45. The number of anilines is 1. The van der Waals surface area contributed by atoms with Gasteiger partial charge in [0.2, 0.25) is 0 Å². The minimum absolute atomic E-state index is 0.0514. The van der Waals surface area contributed by atoms with Crippen LogP contribution in [0, 0.1) is 0 Å². The highest BCUT2D eigenvalue weighted by atomic mass is 35.5. The smallest absolute Gasteiger partial charge is 0.345 e. The Morgan fingerprint density at radius 2 is 2.00 bits per heavy atom. The molecule has 116 valence electrons. The van der Waals surface area contributed by atoms with Gasteiger partial charge >= 0.3 is 6.18 Å². The number of hydrogen-bond donors (Lipinski definition) is 1. The van der Waals surface area contributed by atoms with E-state index in [1.165, 1.54) is 11.1 Å². The van der Waals surface area contributed by atoms with Crippen molar-refractivity contribution in [3.63, 3.8) is 0 Å². The molecule has 0 bridgehead atoms. The van der Waals surface area contributed by atoms with Crippen molar-refractivity contribution in [2.45, 2.75) is 50.5 Å². The Balaban J connectivity index is 1.76. The van der Waals surface area contributed by atoms with Crippen LogP contribution in [0.5, 0.6) is 0 Å². The van der Waals surface area contributed by atoms with Crippen LogP contribution in [0.25, 0.3) is 0 Å². The Morgan fingerprint density at radius 1 is 1.29 bits per heavy atom. The molecule has 3 nitrogen and oxygen atoms in total. The van der Waals surface area contributed by atoms with Gasteiger partial charge in [0.05, 0.1) is 5.02 Å². The average Bonchev–Trinajstić information content (AvgIpc) is 3.26. The molecule has 2 aliphatic rings. The molecular formula is C14H17ClF3N3. The maximum absolute atomic E-state index is 12.7. The van der Waals surface area contributed by atoms with E-state index in [-0.39, 0.29) is 6.04 Å². The minimum Gasteiger partial charge on any atom is -0.345 e. The first kappa shape index (κ1) is 14.9. The molecule has 2 saturated carbocycles. The Morgan fingerprint density at radius 3 is 2.57 bits per heavy atom. The third-order valence-electron chi connectivity index (χ3n) is 3.71. The summed E-state index contributed by atoms with van der Waals surface area (Å²) in [7, 11) is 0. The van der Waals surface area contributed by atoms with Crippen LogP contribution in [0.4, 0.5) is 19.0 Å². The van der Waals surface area contributed by atoms with Gasteiger partial charge in [-0.2, -0.15) is 13.2 Å². The molecule has 0 amide bonds. The summed E-state index contributed by atoms with van der Waals surface area (Å²) in [6, 6.07) is 2.15. The van der Waals surface area contributed by atoms with Gasteiger partial charge in [-0.3, -0.25) is 0 Å². The summed E-state index contributed by atoms with van der Waals surface area (Å²) in [4.78, 5) is 5.44. The summed E-state index contributed by atoms with van der Waals surface area (Å²) in [5, 5.41) is 3.82. The number of alkyl halides is 3. The summed E-state index contributed by atoms with van der Waals surface area (Å²) in [5.41, 5.74) is 0.807. The monoisotopic (exact) mass is 319 g/mol. The lowest BCUT2D eigenvalue weighted by Crippen LogP contribution is -2.36. The molecule has 1 N–H and O–H groups in total. The number of halogens is 4. The molecule has 0 aromatic carbocycles. The van der Waals surface area contributed by atoms with Crippen LogP contribution in [-0.4, -0.2) is 29.8 Å². The molecule has 0 saturated heterocycles. The third-order valence-corrected chi connectivity index (χ3v) is 4.05. The molecule has 0 atom stereocenters. The standard InChI is InChI=1S/C14H17ClF3N3/c15-12-7-20-13(5-9(12)6-19-10-1-2-10)21(11-3-4-11)8-14(16,17)18/h5,7,10-11,19H,1-4,6,8H2. The maximum Gasteiger partial charge on any atom is 0.405 e. The van der Waals surface area contributed by atoms with Crippen molar-refractivity contribution in [2.24, 2.45) is 0 Å². The Bertz CT molecular complexity index is 513. The molecule has 0 radical (unpaired) electrons. The van der Waals surface area contributed by atoms with Gasteiger partial charge in [-0.15, -0.1) is 0 Å². The minimum atomic E-state index is -4.23. The van der Waals surface area contributed by atoms with E-state index in [1.807, 2.05) is 0 Å². The molecule has 0 spiro atoms. The zero-order valence-electron chi connectivity index (χ0n) is 11.5. The van der Waals surface area contributed by atoms with Gasteiger partial charge in [-0.25, -0.2) is 4.98 Å². The lowest BCUT2D eigenvalue weighted by Gasteiger charge is -2.25. The quantitative estimate of drug-likeness (QED) is 0.869. The van der Waals surface area contributed by atoms with Crippen LogP contribution >= 0.6 is 11.6 Å². The maximum atomic E-state index is 12.7. The predicted octanol–water partition coefficient (Wildman–Crippen LogP) is 3.52. The molecule has 3 rings (SSSR count). The van der Waals surface area contributed by atoms with Crippen molar-refractivity contribution in [3.8, 4) is 0 Å². The Labute approximate surface area is 126 Å². The van der Waals surface area contributed by atoms with Crippen molar-refractivity contribution in [1.29, 1.82) is 0 Å². The average molecular weight is 320 g/mol. The number of nitrogens with zero attached hydrogens (tertiary/aromatic N) is 2. The fourth-order valence-electron chi connectivity index (χ4n) is 2.28. The molecule has 7 heteroatoms. The molecule has 1 heterocycles. The van der Waals surface area contributed by atoms with Crippen molar-refractivity contribution < 1.29 is 13.2 Å². The van der Waals surface area contributed by atoms with E-state index in [0.29, 0.717) is 23.4 Å². The molecule has 0 unspecified atom stereocenters. The lowest BCUT2D eigenvalue weighted by atomic mass is 10.2. The first-order valence-corrected chi connectivity index (χ1v) is 7.51. The molecule has 0 aliphatic heterocycles. The van der Waals surface area contributed by atoms with E-state index in [1.54, 1.807) is 6.07 Å². The van der Waals surface area contributed by atoms with Crippen LogP contribution in [0.3, 0.4) is 0 Å². The van der Waals surface area contributed by atoms with Gasteiger partial charge in [0.25, 0.3) is 0 Å². The molecule has 1 aromatic rings. The number of aromatic nitrogens is 1. The first-order valence-electron chi connectivity index (χ1n) is 7.13. The van der Waals surface area contributed by atoms with Crippen molar-refractivity contribution in [3.05, 3.63) is 22.8 Å². The Kier molecular flexibility index (Phi) is 4.01. The van der Waals surface area contributed by atoms with E-state index < -0.39 is 12.7 Å². The van der Waals surface area contributed by atoms with Crippen molar-refractivity contribution in [1.82, 2.24) is 10.3 Å². The van der Waals surface area contributed by atoms with Gasteiger partial charge in [0.1, 0.15) is 12.4 Å². The number of rotatable bonds is 6. The second-order valence-electron chi connectivity index (χ2n) is 5.76. The zero-order chi connectivity index (χ0) is 15.0. The van der Waals surface area contributed by atoms with E-state index in [4.69, 9.17) is 11.6 Å². The van der Waals surface area contributed by atoms with Gasteiger partial charge in [0.15, 0.2) is 0 Å². The number of hydrogen-bond acceptors (Lipinski definition) is 3. The molecule has 2 aliphatic carbocycles. The summed E-state index contributed by atoms with van der Waals surface area (Å²) in [6.45, 7) is -0.384. The number of pyridine rings is 1. The van der Waals surface area contributed by atoms with Gasteiger partial charge in [0, 0.05) is 24.8 Å². The van der Waals surface area contributed by atoms with E-state index in [0.717, 1.165) is 31.2 Å². The Hall–Kier alpha value is -1.01. The fraction of sp³-hybridized carbons (Fsp3) is 0.643. The largest absolute Gasteiger partial charge is 0.405 e. The first-order chi connectivity index (χ1) is 9.92. The molecule has 2 fully saturated rings. The van der Waals surface area contributed by atoms with Crippen molar-refractivity contribution >= 4 is 17.4 Å². The van der Waals surface area contributed by atoms with Crippen LogP contribution in [0.1, 0.15) is 31.2 Å². The second-order valence-corrected chi connectivity index (χ2v) is 6.17. The van der Waals surface area contributed by atoms with Crippen LogP contribution in [-0.2, 0) is 6.54 Å². The van der Waals surface area contributed by atoms with Crippen molar-refractivity contribution in [2.75, 3.05) is 11.4 Å². The molecular weight excluding hydrogens is 303 g/mol. The van der Waals surface area contributed by atoms with Crippen LogP contribution < -0.4 is 10.2 Å². The van der Waals surface area contributed by atoms with Crippen LogP contribution in [0.2, 0.25) is 5.02 Å². The summed E-state index contributed by atoms with van der Waals surface area (Å²) >= 11 is 6.09. The highest BCUT2D eigenvalue weighted by Crippen LogP contribution is 2.34. The third kappa shape index (κ3) is 4.23. The molecule has 21 heavy (non-hydrogen) atoms. The topological polar surface area (TPSA) is 28.2 Å². The predicted molar refractivity (Wildman–Crippen MR) is 75.5 cm³/mol. The number of nitrogens with one attached hydrogen (secondary N) is 1. The van der Waals surface area contributed by atoms with E-state index in [9.17, 15) is 13.2 Å². The summed E-state index contributed by atoms with van der Waals surface area (Å²) < 4.78 is 38.1. The summed E-state index contributed by atoms with van der Waals surface area (Å²) in [6.07, 6.45) is 1.10. The highest BCUT2D eigenvalue weighted by molar-refractivity contribution is 6.31. The van der Waals surface area contributed by atoms with E-state index in [2.05, 4.69) is 10.3 Å². The second kappa shape index (κ2) is 5.65. The lowest BCUT2D eigenvalue weighted by molar-refractivity contribution is -0.120. The van der Waals surface area contributed by atoms with Gasteiger partial charge in [-0.1, -0.05) is 11.6 Å². The molecule has 1 aromatic heterocycles. The van der Waals surface area contributed by atoms with Gasteiger partial charge in [-0.05, 0) is 37.3 Å².